The van der Waals surface area contributed by atoms with Crippen molar-refractivity contribution in [2.45, 2.75) is 0 Å². The van der Waals surface area contributed by atoms with Gasteiger partial charge in [-0.25, -0.2) is 0 Å². The van der Waals surface area contributed by atoms with Gasteiger partial charge < -0.3 is 1.43 Å². The van der Waals surface area contributed by atoms with Crippen molar-refractivity contribution in [3.05, 3.63) is 0 Å². The van der Waals surface area contributed by atoms with Crippen molar-refractivity contribution in [2.24, 2.45) is 0 Å². The van der Waals surface area contributed by atoms with E-state index in [0.29, 0.717) is 0 Å². The van der Waals surface area contributed by atoms with Crippen molar-refractivity contribution < 1.29 is 75.6 Å². The normalized spacial score (nSPS) is 0. The van der Waals surface area contributed by atoms with Gasteiger partial charge in [-0.15, -0.1) is 0 Å². The van der Waals surface area contributed by atoms with E-state index in [2.05, 4.69) is 0 Å². The molecule has 0 bridgehead atoms. The SMILES string of the molecule is [H-].[Li+].[Mn].[Ni].[Ti]. The van der Waals surface area contributed by atoms with Crippen molar-refractivity contribution in [3.63, 3.8) is 0 Å². The van der Waals surface area contributed by atoms with E-state index in [1.54, 1.807) is 0 Å². The summed E-state index contributed by atoms with van der Waals surface area (Å²) >= 11 is 0. The Bertz CT molecular complexity index is 11.6. The zero-order chi connectivity index (χ0) is 0. The van der Waals surface area contributed by atoms with Crippen LogP contribution in [0, 0.1) is 0 Å². The van der Waals surface area contributed by atoms with E-state index < -0.39 is 0 Å². The van der Waals surface area contributed by atoms with Gasteiger partial charge in [0.2, 0.25) is 0 Å². The van der Waals surface area contributed by atoms with Gasteiger partial charge in [0.15, 0.2) is 0 Å². The van der Waals surface area contributed by atoms with Crippen LogP contribution in [0.2, 0.25) is 0 Å². The molecule has 4 heteroatoms. The molecule has 0 nitrogen and oxygen atoms in total. The third-order valence-electron chi connectivity index (χ3n) is 0. The van der Waals surface area contributed by atoms with Crippen molar-refractivity contribution in [1.29, 1.82) is 0 Å². The maximum absolute atomic E-state index is 0. The Balaban J connectivity index is 0. The summed E-state index contributed by atoms with van der Waals surface area (Å²) in [7, 11) is 0. The van der Waals surface area contributed by atoms with E-state index in [-0.39, 0.29) is 75.6 Å². The molecule has 0 heterocycles. The quantitative estimate of drug-likeness (QED) is 0.342. The predicted molar refractivity (Wildman–Crippen MR) is 1.11 cm³/mol. The molecule has 23 valence electrons. The minimum atomic E-state index is 0. The molecule has 0 aliphatic heterocycles. The maximum Gasteiger partial charge on any atom is 1.00 e. The molecule has 0 spiro atoms. The van der Waals surface area contributed by atoms with Crippen LogP contribution in [-0.2, 0) is 55.3 Å². The summed E-state index contributed by atoms with van der Waals surface area (Å²) in [6.45, 7) is 0. The third kappa shape index (κ3) is 8.85. The minimum Gasteiger partial charge on any atom is -1.00 e. The second-order valence-electron chi connectivity index (χ2n) is 0. The molecule has 0 aromatic rings. The molecule has 0 unspecified atom stereocenters. The molecule has 0 saturated carbocycles. The van der Waals surface area contributed by atoms with Crippen LogP contribution < -0.4 is 18.9 Å². The predicted octanol–water partition coefficient (Wildman–Crippen LogP) is -2.89. The van der Waals surface area contributed by atoms with E-state index in [9.17, 15) is 0 Å². The monoisotopic (exact) mass is 169 g/mol. The topological polar surface area (TPSA) is 0 Å². The molecular formula is HLiMnNiTi. The fourth-order valence-electron chi connectivity index (χ4n) is 0. The molecule has 4 heavy (non-hydrogen) atoms. The van der Waals surface area contributed by atoms with Gasteiger partial charge in [-0.1, -0.05) is 0 Å². The van der Waals surface area contributed by atoms with Crippen molar-refractivity contribution >= 4 is 0 Å². The van der Waals surface area contributed by atoms with Gasteiger partial charge >= 0.3 is 18.9 Å². The first-order valence-corrected chi connectivity index (χ1v) is 0. The third-order valence-corrected chi connectivity index (χ3v) is 0. The first-order chi connectivity index (χ1) is 0. The van der Waals surface area contributed by atoms with Crippen LogP contribution in [-0.4, -0.2) is 0 Å². The van der Waals surface area contributed by atoms with Crippen LogP contribution in [0.3, 0.4) is 0 Å². The van der Waals surface area contributed by atoms with Gasteiger partial charge in [-0.2, -0.15) is 0 Å². The van der Waals surface area contributed by atoms with Crippen LogP contribution in [0.4, 0.5) is 0 Å². The molecule has 0 N–H and O–H groups in total. The molecule has 0 aromatic heterocycles. The first-order valence-electron chi connectivity index (χ1n) is 0. The Morgan fingerprint density at radius 3 is 1.25 bits per heavy atom. The summed E-state index contributed by atoms with van der Waals surface area (Å²) in [5.74, 6) is 0. The number of hydrogen-bond donors (Lipinski definition) is 0. The van der Waals surface area contributed by atoms with Gasteiger partial charge in [0, 0.05) is 55.3 Å². The van der Waals surface area contributed by atoms with E-state index >= 15 is 0 Å². The second kappa shape index (κ2) is 18.4. The van der Waals surface area contributed by atoms with Gasteiger partial charge in [-0.3, -0.25) is 0 Å². The molecule has 0 aliphatic rings. The van der Waals surface area contributed by atoms with Gasteiger partial charge in [-0.05, 0) is 0 Å². The Hall–Kier alpha value is 2.32. The van der Waals surface area contributed by atoms with Crippen LogP contribution in [0.5, 0.6) is 0 Å². The number of hydrogen-bond acceptors (Lipinski definition) is 0. The molecule has 1 radical (unpaired) electrons. The molecule has 0 rings (SSSR count). The average Bonchev–Trinajstić information content (AvgIpc) is 0. The smallest absolute Gasteiger partial charge is 1.00 e. The van der Waals surface area contributed by atoms with Crippen molar-refractivity contribution in [3.8, 4) is 0 Å². The standard InChI is InChI=1S/Li.Mn.Ni.Ti.H/q+1;;;;-1. The van der Waals surface area contributed by atoms with E-state index in [0.717, 1.165) is 0 Å². The van der Waals surface area contributed by atoms with Crippen LogP contribution in [0.25, 0.3) is 0 Å². The van der Waals surface area contributed by atoms with Gasteiger partial charge in [0.25, 0.3) is 0 Å². The van der Waals surface area contributed by atoms with Crippen molar-refractivity contribution in [2.75, 3.05) is 0 Å². The average molecular weight is 169 g/mol. The minimum absolute atomic E-state index is 0. The van der Waals surface area contributed by atoms with E-state index in [1.807, 2.05) is 0 Å². The molecule has 0 atom stereocenters. The van der Waals surface area contributed by atoms with E-state index in [4.69, 9.17) is 0 Å². The molecule has 0 fully saturated rings. The summed E-state index contributed by atoms with van der Waals surface area (Å²) < 4.78 is 0. The molecule has 0 aliphatic carbocycles. The summed E-state index contributed by atoms with van der Waals surface area (Å²) in [5.41, 5.74) is 0. The second-order valence-corrected chi connectivity index (χ2v) is 0. The largest absolute Gasteiger partial charge is 1.00 e. The van der Waals surface area contributed by atoms with E-state index in [1.165, 1.54) is 0 Å². The first kappa shape index (κ1) is 33.2. The van der Waals surface area contributed by atoms with Crippen LogP contribution in [0.1, 0.15) is 1.43 Å². The Labute approximate surface area is 74.8 Å². The Kier molecular flexibility index (Phi) is 153. The molecular weight excluding hydrogens is 168 g/mol. The van der Waals surface area contributed by atoms with Crippen LogP contribution >= 0.6 is 0 Å². The zero-order valence-electron chi connectivity index (χ0n) is 3.19. The summed E-state index contributed by atoms with van der Waals surface area (Å²) in [5, 5.41) is 0. The zero-order valence-corrected chi connectivity index (χ0v) is 5.92. The number of rotatable bonds is 0. The van der Waals surface area contributed by atoms with Crippen molar-refractivity contribution in [1.82, 2.24) is 0 Å². The molecule has 0 aromatic carbocycles. The molecule has 0 amide bonds. The fourth-order valence-corrected chi connectivity index (χ4v) is 0. The van der Waals surface area contributed by atoms with Gasteiger partial charge in [0.05, 0.1) is 0 Å². The summed E-state index contributed by atoms with van der Waals surface area (Å²) in [4.78, 5) is 0. The van der Waals surface area contributed by atoms with Crippen LogP contribution in [0.15, 0.2) is 0 Å². The summed E-state index contributed by atoms with van der Waals surface area (Å²) in [6.07, 6.45) is 0. The van der Waals surface area contributed by atoms with Gasteiger partial charge in [0.1, 0.15) is 0 Å². The fraction of sp³-hybridized carbons (Fsp3) is 0. The molecule has 0 saturated heterocycles. The Morgan fingerprint density at radius 1 is 1.25 bits per heavy atom. The Morgan fingerprint density at radius 2 is 1.25 bits per heavy atom. The maximum atomic E-state index is 0. The summed E-state index contributed by atoms with van der Waals surface area (Å²) in [6, 6.07) is 0.